The first-order valence-corrected chi connectivity index (χ1v) is 7.09. The zero-order valence-electron chi connectivity index (χ0n) is 12.1. The Labute approximate surface area is 126 Å². The summed E-state index contributed by atoms with van der Waals surface area (Å²) in [4.78, 5) is 17.3. The highest BCUT2D eigenvalue weighted by atomic mass is 19.3. The van der Waals surface area contributed by atoms with Gasteiger partial charge in [-0.25, -0.2) is 0 Å². The van der Waals surface area contributed by atoms with Crippen LogP contribution in [0.25, 0.3) is 10.9 Å². The predicted octanol–water partition coefficient (Wildman–Crippen LogP) is 2.20. The number of hydrogen-bond acceptors (Lipinski definition) is 3. The van der Waals surface area contributed by atoms with Crippen LogP contribution in [0.5, 0.6) is 5.75 Å². The first kappa shape index (κ1) is 14.8. The molecule has 1 atom stereocenters. The molecule has 1 aromatic carbocycles. The molecule has 1 aliphatic heterocycles. The van der Waals surface area contributed by atoms with Crippen LogP contribution in [-0.4, -0.2) is 48.6 Å². The van der Waals surface area contributed by atoms with Gasteiger partial charge < -0.3 is 19.9 Å². The van der Waals surface area contributed by atoms with Gasteiger partial charge in [0.1, 0.15) is 11.4 Å². The predicted molar refractivity (Wildman–Crippen MR) is 78.3 cm³/mol. The summed E-state index contributed by atoms with van der Waals surface area (Å²) in [7, 11) is 2.00. The number of nitrogens with zero attached hydrogens (tertiary/aromatic N) is 1. The van der Waals surface area contributed by atoms with Crippen molar-refractivity contribution in [3.8, 4) is 5.75 Å². The van der Waals surface area contributed by atoms with Gasteiger partial charge in [-0.3, -0.25) is 4.79 Å². The molecule has 3 rings (SSSR count). The molecule has 1 saturated heterocycles. The molecule has 1 amide bonds. The van der Waals surface area contributed by atoms with Gasteiger partial charge in [-0.05, 0) is 38.2 Å². The molecule has 0 radical (unpaired) electrons. The van der Waals surface area contributed by atoms with Crippen molar-refractivity contribution >= 4 is 16.8 Å². The number of alkyl halides is 2. The summed E-state index contributed by atoms with van der Waals surface area (Å²) in [6, 6.07) is 6.43. The fourth-order valence-corrected chi connectivity index (χ4v) is 2.76. The number of benzene rings is 1. The molecule has 22 heavy (non-hydrogen) atoms. The number of likely N-dealkylation sites (N-methyl/N-ethyl adjacent to an activating group) is 1. The maximum absolute atomic E-state index is 12.4. The minimum atomic E-state index is -2.90. The number of ether oxygens (including phenoxy) is 1. The number of nitrogens with one attached hydrogen (secondary N) is 2. The molecule has 0 bridgehead atoms. The van der Waals surface area contributed by atoms with Gasteiger partial charge in [0.25, 0.3) is 5.91 Å². The lowest BCUT2D eigenvalue weighted by Crippen LogP contribution is -2.36. The average Bonchev–Trinajstić information content (AvgIpc) is 3.05. The van der Waals surface area contributed by atoms with Crippen molar-refractivity contribution in [3.63, 3.8) is 0 Å². The van der Waals surface area contributed by atoms with Gasteiger partial charge in [0.15, 0.2) is 0 Å². The summed E-state index contributed by atoms with van der Waals surface area (Å²) < 4.78 is 29.3. The highest BCUT2D eigenvalue weighted by molar-refractivity contribution is 5.99. The van der Waals surface area contributed by atoms with Gasteiger partial charge in [0.05, 0.1) is 0 Å². The smallest absolute Gasteiger partial charge is 0.387 e. The maximum Gasteiger partial charge on any atom is 0.387 e. The number of H-pyrrole nitrogens is 1. The number of hydrogen-bond donors (Lipinski definition) is 2. The number of aromatic amines is 1. The molecular weight excluding hydrogens is 292 g/mol. The largest absolute Gasteiger partial charge is 0.434 e. The van der Waals surface area contributed by atoms with E-state index >= 15 is 0 Å². The molecule has 2 aromatic rings. The maximum atomic E-state index is 12.4. The van der Waals surface area contributed by atoms with E-state index in [0.29, 0.717) is 16.6 Å². The summed E-state index contributed by atoms with van der Waals surface area (Å²) in [6.45, 7) is -1.14. The molecule has 0 saturated carbocycles. The highest BCUT2D eigenvalue weighted by Crippen LogP contribution is 2.27. The summed E-state index contributed by atoms with van der Waals surface area (Å²) in [5, 5.41) is 3.41. The Balaban J connectivity index is 1.80. The average molecular weight is 309 g/mol. The third-order valence-corrected chi connectivity index (χ3v) is 3.81. The van der Waals surface area contributed by atoms with Crippen molar-refractivity contribution in [2.45, 2.75) is 19.1 Å². The van der Waals surface area contributed by atoms with Gasteiger partial charge in [0, 0.05) is 23.5 Å². The second-order valence-corrected chi connectivity index (χ2v) is 5.50. The third-order valence-electron chi connectivity index (χ3n) is 3.81. The number of halogens is 2. The number of rotatable bonds is 4. The van der Waals surface area contributed by atoms with Crippen LogP contribution in [-0.2, 0) is 0 Å². The van der Waals surface area contributed by atoms with Crippen molar-refractivity contribution in [2.24, 2.45) is 0 Å². The minimum Gasteiger partial charge on any atom is -0.434 e. The fraction of sp³-hybridized carbons (Fsp3) is 0.400. The lowest BCUT2D eigenvalue weighted by Gasteiger charge is -2.11. The normalized spacial score (nSPS) is 19.0. The van der Waals surface area contributed by atoms with E-state index in [4.69, 9.17) is 0 Å². The van der Waals surface area contributed by atoms with E-state index in [1.165, 1.54) is 6.07 Å². The van der Waals surface area contributed by atoms with E-state index in [-0.39, 0.29) is 17.7 Å². The van der Waals surface area contributed by atoms with E-state index in [0.717, 1.165) is 19.5 Å². The summed E-state index contributed by atoms with van der Waals surface area (Å²) >= 11 is 0. The monoisotopic (exact) mass is 309 g/mol. The molecule has 1 aromatic heterocycles. The Morgan fingerprint density at radius 3 is 3.00 bits per heavy atom. The first-order chi connectivity index (χ1) is 10.5. The lowest BCUT2D eigenvalue weighted by atomic mass is 10.2. The van der Waals surface area contributed by atoms with Gasteiger partial charge >= 0.3 is 6.61 Å². The molecule has 2 N–H and O–H groups in total. The number of aromatic nitrogens is 1. The van der Waals surface area contributed by atoms with Crippen LogP contribution in [0.2, 0.25) is 0 Å². The van der Waals surface area contributed by atoms with Crippen LogP contribution in [0.1, 0.15) is 16.9 Å². The van der Waals surface area contributed by atoms with Crippen molar-refractivity contribution in [1.29, 1.82) is 0 Å². The van der Waals surface area contributed by atoms with Crippen LogP contribution in [0.4, 0.5) is 8.78 Å². The fourth-order valence-electron chi connectivity index (χ4n) is 2.76. The molecule has 1 aliphatic rings. The van der Waals surface area contributed by atoms with Gasteiger partial charge in [0.2, 0.25) is 0 Å². The lowest BCUT2D eigenvalue weighted by molar-refractivity contribution is -0.0487. The molecule has 7 heteroatoms. The van der Waals surface area contributed by atoms with Crippen LogP contribution in [0.15, 0.2) is 24.3 Å². The topological polar surface area (TPSA) is 57.4 Å². The summed E-state index contributed by atoms with van der Waals surface area (Å²) in [5.41, 5.74) is 0.932. The van der Waals surface area contributed by atoms with Crippen LogP contribution >= 0.6 is 0 Å². The number of carbonyl (C=O) groups is 1. The second kappa shape index (κ2) is 5.92. The van der Waals surface area contributed by atoms with E-state index in [1.54, 1.807) is 18.2 Å². The number of carbonyl (C=O) groups excluding carboxylic acids is 1. The molecule has 0 spiro atoms. The van der Waals surface area contributed by atoms with E-state index in [9.17, 15) is 13.6 Å². The van der Waals surface area contributed by atoms with E-state index in [1.807, 2.05) is 7.05 Å². The Bertz CT molecular complexity index is 686. The van der Waals surface area contributed by atoms with Gasteiger partial charge in [-0.2, -0.15) is 8.78 Å². The Morgan fingerprint density at radius 2 is 2.32 bits per heavy atom. The zero-order chi connectivity index (χ0) is 15.7. The quantitative estimate of drug-likeness (QED) is 0.910. The van der Waals surface area contributed by atoms with Crippen LogP contribution < -0.4 is 10.1 Å². The van der Waals surface area contributed by atoms with E-state index in [2.05, 4.69) is 19.9 Å². The standard InChI is InChI=1S/C15H17F2N3O2/c1-20-6-5-9(8-20)18-14(21)12-7-10-11(19-12)3-2-4-13(10)22-15(16)17/h2-4,7,9,15,19H,5-6,8H2,1H3,(H,18,21). The minimum absolute atomic E-state index is 0.0587. The first-order valence-electron chi connectivity index (χ1n) is 7.09. The number of amides is 1. The zero-order valence-corrected chi connectivity index (χ0v) is 12.1. The number of likely N-dealkylation sites (tertiary alicyclic amines) is 1. The van der Waals surface area contributed by atoms with Crippen molar-refractivity contribution in [3.05, 3.63) is 30.0 Å². The van der Waals surface area contributed by atoms with Crippen LogP contribution in [0, 0.1) is 0 Å². The Hall–Kier alpha value is -2.15. The van der Waals surface area contributed by atoms with Crippen molar-refractivity contribution < 1.29 is 18.3 Å². The molecule has 1 fully saturated rings. The SMILES string of the molecule is CN1CCC(NC(=O)c2cc3c(OC(F)F)cccc3[nH]2)C1. The van der Waals surface area contributed by atoms with Crippen LogP contribution in [0.3, 0.4) is 0 Å². The van der Waals surface area contributed by atoms with E-state index < -0.39 is 6.61 Å². The molecule has 118 valence electrons. The van der Waals surface area contributed by atoms with Crippen molar-refractivity contribution in [2.75, 3.05) is 20.1 Å². The molecule has 1 unspecified atom stereocenters. The number of fused-ring (bicyclic) bond motifs is 1. The Morgan fingerprint density at radius 1 is 1.50 bits per heavy atom. The molecule has 2 heterocycles. The Kier molecular flexibility index (Phi) is 3.98. The molecule has 0 aliphatic carbocycles. The molecular formula is C15H17F2N3O2. The van der Waals surface area contributed by atoms with Gasteiger partial charge in [-0.15, -0.1) is 0 Å². The molecule has 5 nitrogen and oxygen atoms in total. The second-order valence-electron chi connectivity index (χ2n) is 5.50. The van der Waals surface area contributed by atoms with Crippen molar-refractivity contribution in [1.82, 2.24) is 15.2 Å². The highest BCUT2D eigenvalue weighted by Gasteiger charge is 2.22. The third kappa shape index (κ3) is 3.04. The summed E-state index contributed by atoms with van der Waals surface area (Å²) in [6.07, 6.45) is 0.905. The van der Waals surface area contributed by atoms with Gasteiger partial charge in [-0.1, -0.05) is 6.07 Å². The summed E-state index contributed by atoms with van der Waals surface area (Å²) in [5.74, 6) is -0.178.